The number of benzene rings is 2. The SMILES string of the molecule is COc1ccc(CC(=O)N2CCc3cc(-c4ccno4)ccc32)cc1Cl. The first-order valence-electron chi connectivity index (χ1n) is 8.32. The molecule has 0 bridgehead atoms. The zero-order valence-electron chi connectivity index (χ0n) is 14.2. The highest BCUT2D eigenvalue weighted by Crippen LogP contribution is 2.33. The fourth-order valence-electron chi connectivity index (χ4n) is 3.27. The number of amides is 1. The van der Waals surface area contributed by atoms with E-state index >= 15 is 0 Å². The van der Waals surface area contributed by atoms with Crippen LogP contribution in [-0.4, -0.2) is 24.7 Å². The molecule has 1 aliphatic heterocycles. The minimum Gasteiger partial charge on any atom is -0.495 e. The van der Waals surface area contributed by atoms with Crippen LogP contribution in [0.5, 0.6) is 5.75 Å². The molecule has 5 nitrogen and oxygen atoms in total. The molecule has 26 heavy (non-hydrogen) atoms. The Hall–Kier alpha value is -2.79. The summed E-state index contributed by atoms with van der Waals surface area (Å²) in [5, 5.41) is 4.25. The molecule has 0 fully saturated rings. The maximum Gasteiger partial charge on any atom is 0.231 e. The van der Waals surface area contributed by atoms with Gasteiger partial charge in [0.05, 0.1) is 24.8 Å². The van der Waals surface area contributed by atoms with Gasteiger partial charge < -0.3 is 14.2 Å². The molecule has 3 aromatic rings. The molecular weight excluding hydrogens is 352 g/mol. The second-order valence-corrected chi connectivity index (χ2v) is 6.57. The lowest BCUT2D eigenvalue weighted by molar-refractivity contribution is -0.117. The average Bonchev–Trinajstić information content (AvgIpc) is 3.31. The molecule has 0 N–H and O–H groups in total. The molecule has 0 aliphatic carbocycles. The molecule has 0 saturated carbocycles. The lowest BCUT2D eigenvalue weighted by atomic mass is 10.1. The summed E-state index contributed by atoms with van der Waals surface area (Å²) in [6, 6.07) is 13.2. The smallest absolute Gasteiger partial charge is 0.231 e. The van der Waals surface area contributed by atoms with Crippen LogP contribution in [0.1, 0.15) is 11.1 Å². The third-order valence-corrected chi connectivity index (χ3v) is 4.87. The third kappa shape index (κ3) is 3.06. The van der Waals surface area contributed by atoms with Gasteiger partial charge in [0.1, 0.15) is 5.75 Å². The lowest BCUT2D eigenvalue weighted by Crippen LogP contribution is -2.30. The number of halogens is 1. The Bertz CT molecular complexity index is 954. The first-order valence-corrected chi connectivity index (χ1v) is 8.70. The number of ether oxygens (including phenoxy) is 1. The largest absolute Gasteiger partial charge is 0.495 e. The summed E-state index contributed by atoms with van der Waals surface area (Å²) in [7, 11) is 1.57. The minimum atomic E-state index is 0.0531. The first-order chi connectivity index (χ1) is 12.7. The van der Waals surface area contributed by atoms with Crippen LogP contribution in [0.3, 0.4) is 0 Å². The second kappa shape index (κ2) is 6.84. The lowest BCUT2D eigenvalue weighted by Gasteiger charge is -2.18. The van der Waals surface area contributed by atoms with Crippen LogP contribution >= 0.6 is 11.6 Å². The molecule has 1 amide bonds. The van der Waals surface area contributed by atoms with Crippen LogP contribution in [0.4, 0.5) is 5.69 Å². The average molecular weight is 369 g/mol. The minimum absolute atomic E-state index is 0.0531. The van der Waals surface area contributed by atoms with Crippen LogP contribution in [-0.2, 0) is 17.6 Å². The number of carbonyl (C=O) groups excluding carboxylic acids is 1. The zero-order chi connectivity index (χ0) is 18.1. The molecule has 2 heterocycles. The van der Waals surface area contributed by atoms with Gasteiger partial charge in [0.2, 0.25) is 5.91 Å². The van der Waals surface area contributed by atoms with E-state index in [1.165, 1.54) is 0 Å². The van der Waals surface area contributed by atoms with Crippen molar-refractivity contribution in [2.45, 2.75) is 12.8 Å². The number of rotatable bonds is 4. The predicted octanol–water partition coefficient (Wildman–Crippen LogP) is 4.14. The fourth-order valence-corrected chi connectivity index (χ4v) is 3.55. The van der Waals surface area contributed by atoms with E-state index in [1.54, 1.807) is 25.4 Å². The standard InChI is InChI=1S/C20H17ClN2O3/c1-25-19-5-2-13(10-16(19)21)11-20(24)23-9-7-14-12-15(3-4-17(14)23)18-6-8-22-26-18/h2-6,8,10,12H,7,9,11H2,1H3. The third-order valence-electron chi connectivity index (χ3n) is 4.57. The van der Waals surface area contributed by atoms with Crippen molar-refractivity contribution in [1.82, 2.24) is 5.16 Å². The number of hydrogen-bond donors (Lipinski definition) is 0. The first kappa shape index (κ1) is 16.7. The Morgan fingerprint density at radius 3 is 2.88 bits per heavy atom. The van der Waals surface area contributed by atoms with Crippen LogP contribution in [0.2, 0.25) is 5.02 Å². The van der Waals surface area contributed by atoms with Crippen molar-refractivity contribution in [3.05, 3.63) is 64.8 Å². The van der Waals surface area contributed by atoms with E-state index in [-0.39, 0.29) is 5.91 Å². The topological polar surface area (TPSA) is 55.6 Å². The monoisotopic (exact) mass is 368 g/mol. The molecule has 0 spiro atoms. The number of methoxy groups -OCH3 is 1. The van der Waals surface area contributed by atoms with E-state index < -0.39 is 0 Å². The Kier molecular flexibility index (Phi) is 4.39. The van der Waals surface area contributed by atoms with Crippen LogP contribution in [0.25, 0.3) is 11.3 Å². The van der Waals surface area contributed by atoms with Crippen LogP contribution in [0, 0.1) is 0 Å². The molecule has 0 atom stereocenters. The predicted molar refractivity (Wildman–Crippen MR) is 99.7 cm³/mol. The Labute approximate surface area is 156 Å². The van der Waals surface area contributed by atoms with Gasteiger partial charge in [-0.25, -0.2) is 0 Å². The van der Waals surface area contributed by atoms with E-state index in [0.717, 1.165) is 34.6 Å². The van der Waals surface area contributed by atoms with E-state index in [1.807, 2.05) is 29.2 Å². The van der Waals surface area contributed by atoms with Crippen LogP contribution in [0.15, 0.2) is 53.2 Å². The van der Waals surface area contributed by atoms with Gasteiger partial charge in [0.15, 0.2) is 5.76 Å². The number of carbonyl (C=O) groups is 1. The number of fused-ring (bicyclic) bond motifs is 1. The number of hydrogen-bond acceptors (Lipinski definition) is 4. The van der Waals surface area contributed by atoms with Gasteiger partial charge >= 0.3 is 0 Å². The van der Waals surface area contributed by atoms with Gasteiger partial charge in [0, 0.05) is 23.9 Å². The van der Waals surface area contributed by atoms with Crippen molar-refractivity contribution in [1.29, 1.82) is 0 Å². The number of nitrogens with zero attached hydrogens (tertiary/aromatic N) is 2. The highest BCUT2D eigenvalue weighted by molar-refractivity contribution is 6.32. The van der Waals surface area contributed by atoms with Gasteiger partial charge in [-0.3, -0.25) is 4.79 Å². The normalized spacial score (nSPS) is 12.9. The summed E-state index contributed by atoms with van der Waals surface area (Å²) < 4.78 is 10.4. The summed E-state index contributed by atoms with van der Waals surface area (Å²) >= 11 is 6.16. The van der Waals surface area contributed by atoms with E-state index in [0.29, 0.717) is 23.7 Å². The van der Waals surface area contributed by atoms with Crippen LogP contribution < -0.4 is 9.64 Å². The van der Waals surface area contributed by atoms with E-state index in [2.05, 4.69) is 11.2 Å². The summed E-state index contributed by atoms with van der Waals surface area (Å²) in [5.74, 6) is 1.39. The summed E-state index contributed by atoms with van der Waals surface area (Å²) in [4.78, 5) is 14.6. The van der Waals surface area contributed by atoms with E-state index in [4.69, 9.17) is 20.9 Å². The van der Waals surface area contributed by atoms with Crippen molar-refractivity contribution < 1.29 is 14.1 Å². The molecular formula is C20H17ClN2O3. The highest BCUT2D eigenvalue weighted by Gasteiger charge is 2.25. The van der Waals surface area contributed by atoms with Crippen molar-refractivity contribution in [3.8, 4) is 17.1 Å². The summed E-state index contributed by atoms with van der Waals surface area (Å²) in [5.41, 5.74) is 3.93. The highest BCUT2D eigenvalue weighted by atomic mass is 35.5. The molecule has 0 unspecified atom stereocenters. The number of anilines is 1. The maximum absolute atomic E-state index is 12.8. The molecule has 2 aromatic carbocycles. The van der Waals surface area contributed by atoms with Gasteiger partial charge in [-0.05, 0) is 47.9 Å². The Balaban J connectivity index is 1.53. The Morgan fingerprint density at radius 1 is 1.27 bits per heavy atom. The fraction of sp³-hybridized carbons (Fsp3) is 0.200. The maximum atomic E-state index is 12.8. The quantitative estimate of drug-likeness (QED) is 0.694. The van der Waals surface area contributed by atoms with Crippen molar-refractivity contribution in [2.24, 2.45) is 0 Å². The zero-order valence-corrected chi connectivity index (χ0v) is 15.0. The molecule has 1 aromatic heterocycles. The Morgan fingerprint density at radius 2 is 2.15 bits per heavy atom. The second-order valence-electron chi connectivity index (χ2n) is 6.16. The molecule has 0 radical (unpaired) electrons. The molecule has 4 rings (SSSR count). The molecule has 6 heteroatoms. The summed E-state index contributed by atoms with van der Waals surface area (Å²) in [6.45, 7) is 0.678. The molecule has 1 aliphatic rings. The van der Waals surface area contributed by atoms with Crippen molar-refractivity contribution in [2.75, 3.05) is 18.6 Å². The molecule has 132 valence electrons. The van der Waals surface area contributed by atoms with Gasteiger partial charge in [-0.2, -0.15) is 0 Å². The van der Waals surface area contributed by atoms with Gasteiger partial charge in [-0.1, -0.05) is 22.8 Å². The molecule has 0 saturated heterocycles. The van der Waals surface area contributed by atoms with Gasteiger partial charge in [-0.15, -0.1) is 0 Å². The van der Waals surface area contributed by atoms with Crippen molar-refractivity contribution >= 4 is 23.2 Å². The van der Waals surface area contributed by atoms with Gasteiger partial charge in [0.25, 0.3) is 0 Å². The summed E-state index contributed by atoms with van der Waals surface area (Å²) in [6.07, 6.45) is 2.75. The van der Waals surface area contributed by atoms with E-state index in [9.17, 15) is 4.79 Å². The van der Waals surface area contributed by atoms with Crippen molar-refractivity contribution in [3.63, 3.8) is 0 Å². The number of aromatic nitrogens is 1.